The van der Waals surface area contributed by atoms with Gasteiger partial charge in [0.05, 0.1) is 13.7 Å². The van der Waals surface area contributed by atoms with Gasteiger partial charge in [0.1, 0.15) is 0 Å². The van der Waals surface area contributed by atoms with E-state index in [4.69, 9.17) is 14.9 Å². The summed E-state index contributed by atoms with van der Waals surface area (Å²) in [5.41, 5.74) is 0.0351. The molecule has 0 bridgehead atoms. The number of amides is 1. The third-order valence-corrected chi connectivity index (χ3v) is 2.20. The molecule has 6 nitrogen and oxygen atoms in total. The van der Waals surface area contributed by atoms with Gasteiger partial charge in [-0.05, 0) is 18.2 Å². The molecule has 0 aliphatic heterocycles. The first-order valence-corrected chi connectivity index (χ1v) is 4.97. The van der Waals surface area contributed by atoms with Crippen LogP contribution in [0.2, 0.25) is 0 Å². The van der Waals surface area contributed by atoms with E-state index in [-0.39, 0.29) is 11.3 Å². The van der Waals surface area contributed by atoms with Gasteiger partial charge in [-0.25, -0.2) is 9.18 Å². The number of rotatable bonds is 5. The minimum atomic E-state index is -1.41. The van der Waals surface area contributed by atoms with Crippen molar-refractivity contribution in [3.63, 3.8) is 0 Å². The zero-order chi connectivity index (χ0) is 13.7. The number of aliphatic carboxylic acids is 1. The van der Waals surface area contributed by atoms with Crippen molar-refractivity contribution in [3.8, 4) is 5.75 Å². The second-order valence-electron chi connectivity index (χ2n) is 3.40. The fourth-order valence-corrected chi connectivity index (χ4v) is 1.23. The molecule has 1 unspecified atom stereocenters. The molecule has 0 saturated heterocycles. The van der Waals surface area contributed by atoms with Crippen LogP contribution in [-0.4, -0.2) is 41.8 Å². The number of carbonyl (C=O) groups excluding carboxylic acids is 1. The molecule has 0 spiro atoms. The van der Waals surface area contributed by atoms with Crippen LogP contribution in [0, 0.1) is 5.82 Å². The smallest absolute Gasteiger partial charge is 0.328 e. The minimum absolute atomic E-state index is 0.0351. The highest BCUT2D eigenvalue weighted by atomic mass is 19.1. The van der Waals surface area contributed by atoms with Gasteiger partial charge in [0.15, 0.2) is 17.6 Å². The Balaban J connectivity index is 2.87. The molecule has 0 radical (unpaired) electrons. The lowest BCUT2D eigenvalue weighted by molar-refractivity contribution is -0.140. The highest BCUT2D eigenvalue weighted by Crippen LogP contribution is 2.18. The molecule has 1 atom stereocenters. The number of carboxylic acid groups (broad SMARTS) is 1. The number of carboxylic acids is 1. The largest absolute Gasteiger partial charge is 0.494 e. The van der Waals surface area contributed by atoms with Crippen molar-refractivity contribution in [2.75, 3.05) is 13.7 Å². The number of nitrogens with one attached hydrogen (secondary N) is 1. The molecule has 7 heteroatoms. The molecule has 3 N–H and O–H groups in total. The van der Waals surface area contributed by atoms with Gasteiger partial charge in [-0.3, -0.25) is 4.79 Å². The van der Waals surface area contributed by atoms with Crippen LogP contribution < -0.4 is 10.1 Å². The molecule has 98 valence electrons. The van der Waals surface area contributed by atoms with Crippen LogP contribution in [0.5, 0.6) is 5.75 Å². The average Bonchev–Trinajstić information content (AvgIpc) is 2.35. The first-order chi connectivity index (χ1) is 8.49. The standard InChI is InChI=1S/C11H12FNO5/c1-18-9-4-6(2-3-7(9)12)10(15)13-8(5-14)11(16)17/h2-4,8,14H,5H2,1H3,(H,13,15)(H,16,17). The highest BCUT2D eigenvalue weighted by molar-refractivity contribution is 5.96. The number of hydrogen-bond acceptors (Lipinski definition) is 4. The molecule has 0 heterocycles. The van der Waals surface area contributed by atoms with E-state index in [1.807, 2.05) is 0 Å². The maximum Gasteiger partial charge on any atom is 0.328 e. The molecule has 1 rings (SSSR count). The van der Waals surface area contributed by atoms with Crippen molar-refractivity contribution in [3.05, 3.63) is 29.6 Å². The lowest BCUT2D eigenvalue weighted by Gasteiger charge is -2.12. The second kappa shape index (κ2) is 5.97. The Morgan fingerprint density at radius 2 is 2.17 bits per heavy atom. The fraction of sp³-hybridized carbons (Fsp3) is 0.273. The number of hydrogen-bond donors (Lipinski definition) is 3. The molecule has 0 fully saturated rings. The zero-order valence-electron chi connectivity index (χ0n) is 9.51. The van der Waals surface area contributed by atoms with E-state index >= 15 is 0 Å². The zero-order valence-corrected chi connectivity index (χ0v) is 9.51. The summed E-state index contributed by atoms with van der Waals surface area (Å²) in [5, 5.41) is 19.5. The normalized spacial score (nSPS) is 11.7. The summed E-state index contributed by atoms with van der Waals surface area (Å²) in [4.78, 5) is 22.2. The molecule has 0 aromatic heterocycles. The number of benzene rings is 1. The topological polar surface area (TPSA) is 95.9 Å². The Morgan fingerprint density at radius 1 is 1.50 bits per heavy atom. The van der Waals surface area contributed by atoms with Crippen LogP contribution in [0.15, 0.2) is 18.2 Å². The molecule has 1 aromatic rings. The number of methoxy groups -OCH3 is 1. The van der Waals surface area contributed by atoms with Crippen molar-refractivity contribution in [2.45, 2.75) is 6.04 Å². The Kier molecular flexibility index (Phi) is 4.61. The van der Waals surface area contributed by atoms with E-state index in [0.29, 0.717) is 0 Å². The molecule has 1 aromatic carbocycles. The quantitative estimate of drug-likeness (QED) is 0.690. The predicted octanol–water partition coefficient (Wildman–Crippen LogP) is 0.00960. The molecule has 0 saturated carbocycles. The van der Waals surface area contributed by atoms with Crippen LogP contribution in [-0.2, 0) is 4.79 Å². The molecule has 18 heavy (non-hydrogen) atoms. The Labute approximate surface area is 102 Å². The summed E-state index contributed by atoms with van der Waals surface area (Å²) < 4.78 is 17.8. The van der Waals surface area contributed by atoms with E-state index < -0.39 is 30.3 Å². The van der Waals surface area contributed by atoms with Gasteiger partial charge in [-0.2, -0.15) is 0 Å². The Bertz CT molecular complexity index is 463. The summed E-state index contributed by atoms with van der Waals surface area (Å²) in [5.74, 6) is -2.86. The summed E-state index contributed by atoms with van der Waals surface area (Å²) in [6, 6.07) is 1.95. The monoisotopic (exact) mass is 257 g/mol. The van der Waals surface area contributed by atoms with Crippen molar-refractivity contribution in [1.82, 2.24) is 5.32 Å². The van der Waals surface area contributed by atoms with Gasteiger partial charge in [-0.15, -0.1) is 0 Å². The average molecular weight is 257 g/mol. The van der Waals surface area contributed by atoms with Crippen molar-refractivity contribution in [1.29, 1.82) is 0 Å². The maximum atomic E-state index is 13.1. The van der Waals surface area contributed by atoms with Crippen LogP contribution in [0.1, 0.15) is 10.4 Å². The van der Waals surface area contributed by atoms with Gasteiger partial charge in [0.2, 0.25) is 0 Å². The number of carbonyl (C=O) groups is 2. The third-order valence-electron chi connectivity index (χ3n) is 2.20. The number of aliphatic hydroxyl groups excluding tert-OH is 1. The predicted molar refractivity (Wildman–Crippen MR) is 58.9 cm³/mol. The SMILES string of the molecule is COc1cc(C(=O)NC(CO)C(=O)O)ccc1F. The summed E-state index contributed by atoms with van der Waals surface area (Å²) in [6.07, 6.45) is 0. The summed E-state index contributed by atoms with van der Waals surface area (Å²) >= 11 is 0. The van der Waals surface area contributed by atoms with E-state index in [2.05, 4.69) is 5.32 Å². The van der Waals surface area contributed by atoms with E-state index in [0.717, 1.165) is 12.1 Å². The molecule has 0 aliphatic carbocycles. The first-order valence-electron chi connectivity index (χ1n) is 4.97. The van der Waals surface area contributed by atoms with Crippen LogP contribution in [0.3, 0.4) is 0 Å². The van der Waals surface area contributed by atoms with Gasteiger partial charge < -0.3 is 20.3 Å². The minimum Gasteiger partial charge on any atom is -0.494 e. The first kappa shape index (κ1) is 13.9. The van der Waals surface area contributed by atoms with Gasteiger partial charge in [-0.1, -0.05) is 0 Å². The molecule has 1 amide bonds. The van der Waals surface area contributed by atoms with E-state index in [1.54, 1.807) is 0 Å². The van der Waals surface area contributed by atoms with Crippen molar-refractivity contribution >= 4 is 11.9 Å². The molecule has 0 aliphatic rings. The van der Waals surface area contributed by atoms with Crippen molar-refractivity contribution < 1.29 is 28.9 Å². The van der Waals surface area contributed by atoms with Gasteiger partial charge in [0.25, 0.3) is 5.91 Å². The highest BCUT2D eigenvalue weighted by Gasteiger charge is 2.20. The Hall–Kier alpha value is -2.15. The molecular formula is C11H12FNO5. The summed E-state index contributed by atoms with van der Waals surface area (Å²) in [6.45, 7) is -0.737. The van der Waals surface area contributed by atoms with Gasteiger partial charge in [0, 0.05) is 5.56 Å². The van der Waals surface area contributed by atoms with Crippen molar-refractivity contribution in [2.24, 2.45) is 0 Å². The maximum absolute atomic E-state index is 13.1. The lowest BCUT2D eigenvalue weighted by Crippen LogP contribution is -2.43. The van der Waals surface area contributed by atoms with Gasteiger partial charge >= 0.3 is 5.97 Å². The second-order valence-corrected chi connectivity index (χ2v) is 3.40. The van der Waals surface area contributed by atoms with Crippen LogP contribution >= 0.6 is 0 Å². The fourth-order valence-electron chi connectivity index (χ4n) is 1.23. The lowest BCUT2D eigenvalue weighted by atomic mass is 10.2. The van der Waals surface area contributed by atoms with Crippen LogP contribution in [0.25, 0.3) is 0 Å². The molecular weight excluding hydrogens is 245 g/mol. The third kappa shape index (κ3) is 3.17. The number of ether oxygens (including phenoxy) is 1. The van der Waals surface area contributed by atoms with E-state index in [1.165, 1.54) is 13.2 Å². The Morgan fingerprint density at radius 3 is 2.67 bits per heavy atom. The summed E-state index contributed by atoms with van der Waals surface area (Å²) in [7, 11) is 1.24. The van der Waals surface area contributed by atoms with Crippen LogP contribution in [0.4, 0.5) is 4.39 Å². The number of aliphatic hydroxyl groups is 1. The van der Waals surface area contributed by atoms with E-state index in [9.17, 15) is 14.0 Å². The number of halogens is 1.